The first-order valence-electron chi connectivity index (χ1n) is 29.8. The van der Waals surface area contributed by atoms with Gasteiger partial charge in [-0.2, -0.15) is 0 Å². The molecular formula is C63H112O6. The van der Waals surface area contributed by atoms with Gasteiger partial charge in [-0.05, 0) is 70.6 Å². The highest BCUT2D eigenvalue weighted by Crippen LogP contribution is 2.17. The third-order valence-electron chi connectivity index (χ3n) is 13.0. The summed E-state index contributed by atoms with van der Waals surface area (Å²) in [5.74, 6) is -0.952. The first kappa shape index (κ1) is 66.1. The minimum atomic E-state index is -0.797. The molecule has 0 heterocycles. The van der Waals surface area contributed by atoms with Crippen LogP contribution in [0, 0.1) is 0 Å². The van der Waals surface area contributed by atoms with Crippen molar-refractivity contribution in [3.05, 3.63) is 60.8 Å². The minimum absolute atomic E-state index is 0.0915. The molecule has 0 aromatic rings. The van der Waals surface area contributed by atoms with Crippen LogP contribution >= 0.6 is 0 Å². The average Bonchev–Trinajstić information content (AvgIpc) is 3.35. The maximum atomic E-state index is 12.9. The van der Waals surface area contributed by atoms with E-state index in [4.69, 9.17) is 14.2 Å². The SMILES string of the molecule is CC/C=C/C/C=C/C/C=C/CCCCCCCCCCCC(=O)OCC(COC(=O)CC/C=C/C/C=C/CCCCCCCC)OC(=O)CCCCCCCCCCCCCCCCCCCCC. The molecule has 0 aliphatic carbocycles. The number of esters is 3. The van der Waals surface area contributed by atoms with Crippen LogP contribution in [-0.4, -0.2) is 37.2 Å². The molecule has 400 valence electrons. The van der Waals surface area contributed by atoms with Gasteiger partial charge < -0.3 is 14.2 Å². The van der Waals surface area contributed by atoms with Gasteiger partial charge >= 0.3 is 17.9 Å². The Hall–Kier alpha value is -2.89. The fourth-order valence-electron chi connectivity index (χ4n) is 8.57. The molecule has 0 bridgehead atoms. The number of carbonyl (C=O) groups excluding carboxylic acids is 3. The maximum absolute atomic E-state index is 12.9. The van der Waals surface area contributed by atoms with E-state index < -0.39 is 6.10 Å². The van der Waals surface area contributed by atoms with E-state index in [1.54, 1.807) is 0 Å². The number of unbranched alkanes of at least 4 members (excludes halogenated alkanes) is 33. The Morgan fingerprint density at radius 2 is 0.594 bits per heavy atom. The van der Waals surface area contributed by atoms with Crippen LogP contribution in [-0.2, 0) is 28.6 Å². The van der Waals surface area contributed by atoms with Crippen molar-refractivity contribution in [2.45, 2.75) is 309 Å². The lowest BCUT2D eigenvalue weighted by molar-refractivity contribution is -0.166. The lowest BCUT2D eigenvalue weighted by Gasteiger charge is -2.18. The number of ether oxygens (including phenoxy) is 3. The van der Waals surface area contributed by atoms with Crippen molar-refractivity contribution in [1.82, 2.24) is 0 Å². The van der Waals surface area contributed by atoms with Crippen molar-refractivity contribution >= 4 is 17.9 Å². The quantitative estimate of drug-likeness (QED) is 0.0262. The molecule has 0 radical (unpaired) electrons. The molecule has 0 aliphatic rings. The Morgan fingerprint density at radius 1 is 0.304 bits per heavy atom. The normalized spacial score (nSPS) is 12.4. The fraction of sp³-hybridized carbons (Fsp3) is 0.794. The predicted molar refractivity (Wildman–Crippen MR) is 298 cm³/mol. The second-order valence-electron chi connectivity index (χ2n) is 19.9. The number of rotatable bonds is 54. The molecule has 0 N–H and O–H groups in total. The molecule has 1 unspecified atom stereocenters. The Labute approximate surface area is 428 Å². The molecule has 69 heavy (non-hydrogen) atoms. The highest BCUT2D eigenvalue weighted by Gasteiger charge is 2.19. The van der Waals surface area contributed by atoms with E-state index in [-0.39, 0.29) is 37.5 Å². The van der Waals surface area contributed by atoms with Gasteiger partial charge in [0.25, 0.3) is 0 Å². The molecule has 0 rings (SSSR count). The summed E-state index contributed by atoms with van der Waals surface area (Å²) in [6.45, 7) is 6.50. The molecule has 0 aliphatic heterocycles. The van der Waals surface area contributed by atoms with E-state index in [1.807, 2.05) is 6.08 Å². The van der Waals surface area contributed by atoms with Gasteiger partial charge in [0.1, 0.15) is 13.2 Å². The summed E-state index contributed by atoms with van der Waals surface area (Å²) in [5, 5.41) is 0. The second kappa shape index (κ2) is 57.7. The molecule has 0 aromatic carbocycles. The molecule has 0 fully saturated rings. The Bertz CT molecular complexity index is 1250. The van der Waals surface area contributed by atoms with Gasteiger partial charge in [0.15, 0.2) is 6.10 Å². The average molecular weight is 966 g/mol. The summed E-state index contributed by atoms with van der Waals surface area (Å²) in [6.07, 6.45) is 72.3. The van der Waals surface area contributed by atoms with Gasteiger partial charge in [0, 0.05) is 19.3 Å². The zero-order valence-corrected chi connectivity index (χ0v) is 45.8. The van der Waals surface area contributed by atoms with Crippen molar-refractivity contribution in [3.63, 3.8) is 0 Å². The molecule has 0 spiro atoms. The number of hydrogen-bond acceptors (Lipinski definition) is 6. The van der Waals surface area contributed by atoms with E-state index in [0.717, 1.165) is 70.6 Å². The van der Waals surface area contributed by atoms with Gasteiger partial charge in [-0.1, -0.05) is 274 Å². The largest absolute Gasteiger partial charge is 0.462 e. The first-order chi connectivity index (χ1) is 34.0. The molecule has 1 atom stereocenters. The molecular weight excluding hydrogens is 853 g/mol. The van der Waals surface area contributed by atoms with Crippen LogP contribution in [0.15, 0.2) is 60.8 Å². The summed E-state index contributed by atoms with van der Waals surface area (Å²) in [4.78, 5) is 38.1. The van der Waals surface area contributed by atoms with Crippen LogP contribution in [0.25, 0.3) is 0 Å². The predicted octanol–water partition coefficient (Wildman–Crippen LogP) is 20.0. The van der Waals surface area contributed by atoms with Crippen molar-refractivity contribution in [2.24, 2.45) is 0 Å². The molecule has 0 amide bonds. The topological polar surface area (TPSA) is 78.9 Å². The molecule has 0 aromatic heterocycles. The van der Waals surface area contributed by atoms with Crippen LogP contribution in [0.5, 0.6) is 0 Å². The fourth-order valence-corrected chi connectivity index (χ4v) is 8.57. The Morgan fingerprint density at radius 3 is 0.971 bits per heavy atom. The highest BCUT2D eigenvalue weighted by atomic mass is 16.6. The van der Waals surface area contributed by atoms with Crippen LogP contribution in [0.4, 0.5) is 0 Å². The van der Waals surface area contributed by atoms with Gasteiger partial charge in [0.2, 0.25) is 0 Å². The highest BCUT2D eigenvalue weighted by molar-refractivity contribution is 5.71. The third-order valence-corrected chi connectivity index (χ3v) is 13.0. The van der Waals surface area contributed by atoms with Crippen molar-refractivity contribution in [1.29, 1.82) is 0 Å². The van der Waals surface area contributed by atoms with Gasteiger partial charge in [-0.25, -0.2) is 0 Å². The zero-order valence-electron chi connectivity index (χ0n) is 45.8. The van der Waals surface area contributed by atoms with E-state index in [9.17, 15) is 14.4 Å². The molecule has 0 saturated carbocycles. The summed E-state index contributed by atoms with van der Waals surface area (Å²) < 4.78 is 16.8. The lowest BCUT2D eigenvalue weighted by atomic mass is 10.0. The number of allylic oxidation sites excluding steroid dienone is 10. The zero-order chi connectivity index (χ0) is 50.0. The van der Waals surface area contributed by atoms with Gasteiger partial charge in [-0.3, -0.25) is 14.4 Å². The van der Waals surface area contributed by atoms with Gasteiger partial charge in [0.05, 0.1) is 0 Å². The summed E-state index contributed by atoms with van der Waals surface area (Å²) in [7, 11) is 0. The molecule has 6 nitrogen and oxygen atoms in total. The molecule has 6 heteroatoms. The van der Waals surface area contributed by atoms with Crippen molar-refractivity contribution in [2.75, 3.05) is 13.2 Å². The smallest absolute Gasteiger partial charge is 0.306 e. The van der Waals surface area contributed by atoms with E-state index in [2.05, 4.69) is 75.5 Å². The van der Waals surface area contributed by atoms with Crippen LogP contribution in [0.1, 0.15) is 303 Å². The summed E-state index contributed by atoms with van der Waals surface area (Å²) in [5.41, 5.74) is 0. The second-order valence-corrected chi connectivity index (χ2v) is 19.9. The third kappa shape index (κ3) is 55.9. The first-order valence-corrected chi connectivity index (χ1v) is 29.8. The molecule has 0 saturated heterocycles. The van der Waals surface area contributed by atoms with Crippen LogP contribution in [0.2, 0.25) is 0 Å². The number of carbonyl (C=O) groups is 3. The summed E-state index contributed by atoms with van der Waals surface area (Å²) in [6, 6.07) is 0. The van der Waals surface area contributed by atoms with E-state index in [1.165, 1.54) is 186 Å². The van der Waals surface area contributed by atoms with Crippen LogP contribution < -0.4 is 0 Å². The van der Waals surface area contributed by atoms with Crippen molar-refractivity contribution < 1.29 is 28.6 Å². The van der Waals surface area contributed by atoms with E-state index >= 15 is 0 Å². The van der Waals surface area contributed by atoms with Crippen molar-refractivity contribution in [3.8, 4) is 0 Å². The minimum Gasteiger partial charge on any atom is -0.462 e. The lowest BCUT2D eigenvalue weighted by Crippen LogP contribution is -2.30. The number of hydrogen-bond donors (Lipinski definition) is 0. The van der Waals surface area contributed by atoms with Gasteiger partial charge in [-0.15, -0.1) is 0 Å². The van der Waals surface area contributed by atoms with E-state index in [0.29, 0.717) is 19.3 Å². The Kier molecular flexibility index (Phi) is 55.3. The standard InChI is InChI=1S/C63H112O6/c1-4-7-10-13-16-19-22-25-27-29-31-33-35-38-41-44-47-50-53-56-62(65)68-59-60(58-67-61(64)55-52-49-46-43-40-37-24-21-18-15-12-9-6-3)69-63(66)57-54-51-48-45-42-39-36-34-32-30-28-26-23-20-17-14-11-8-5-2/h7,10,16,19,25,27,37,40,46,49,60H,4-6,8-9,11-15,17-18,20-24,26,28-36,38-39,41-45,47-48,50-59H2,1-3H3/b10-7+,19-16+,27-25+,40-37+,49-46+. The monoisotopic (exact) mass is 965 g/mol. The summed E-state index contributed by atoms with van der Waals surface area (Å²) >= 11 is 0. The Balaban J connectivity index is 4.37. The van der Waals surface area contributed by atoms with Crippen LogP contribution in [0.3, 0.4) is 0 Å². The maximum Gasteiger partial charge on any atom is 0.306 e.